The Kier molecular flexibility index (Phi) is 5.86. The lowest BCUT2D eigenvalue weighted by molar-refractivity contribution is -0.121. The molecule has 4 nitrogen and oxygen atoms in total. The molecule has 0 heterocycles. The van der Waals surface area contributed by atoms with Gasteiger partial charge in [-0.25, -0.2) is 0 Å². The molecule has 0 saturated carbocycles. The molecule has 0 atom stereocenters. The molecular weight excluding hydrogens is 132 g/mol. The van der Waals surface area contributed by atoms with E-state index in [0.29, 0.717) is 6.54 Å². The number of rotatable bonds is 4. The van der Waals surface area contributed by atoms with Gasteiger partial charge in [-0.3, -0.25) is 4.79 Å². The van der Waals surface area contributed by atoms with Crippen molar-refractivity contribution in [3.8, 4) is 0 Å². The molecule has 4 heteroatoms. The normalized spacial score (nSPS) is 10.6. The molecule has 0 aromatic heterocycles. The van der Waals surface area contributed by atoms with E-state index in [4.69, 9.17) is 0 Å². The lowest BCUT2D eigenvalue weighted by Crippen LogP contribution is -2.01. The molecule has 1 amide bonds. The van der Waals surface area contributed by atoms with Crippen LogP contribution in [0.4, 0.5) is 0 Å². The number of carbonyl (C=O) groups is 1. The predicted octanol–water partition coefficient (Wildman–Crippen LogP) is 1.02. The SMILES string of the molecule is CCCN=NC(=O)COC. The van der Waals surface area contributed by atoms with Gasteiger partial charge in [0.25, 0.3) is 5.91 Å². The fourth-order valence-electron chi connectivity index (χ4n) is 0.381. The number of hydrogen-bond acceptors (Lipinski definition) is 3. The van der Waals surface area contributed by atoms with Crippen LogP contribution in [0.2, 0.25) is 0 Å². The number of nitrogens with zero attached hydrogens (tertiary/aromatic N) is 2. The maximum absolute atomic E-state index is 10.5. The van der Waals surface area contributed by atoms with Crippen molar-refractivity contribution in [2.45, 2.75) is 13.3 Å². The monoisotopic (exact) mass is 144 g/mol. The second-order valence-electron chi connectivity index (χ2n) is 1.79. The van der Waals surface area contributed by atoms with E-state index in [9.17, 15) is 4.79 Å². The number of ether oxygens (including phenoxy) is 1. The first-order valence-corrected chi connectivity index (χ1v) is 3.20. The van der Waals surface area contributed by atoms with E-state index in [2.05, 4.69) is 15.0 Å². The summed E-state index contributed by atoms with van der Waals surface area (Å²) in [5.41, 5.74) is 0. The third-order valence-electron chi connectivity index (χ3n) is 0.774. The van der Waals surface area contributed by atoms with Crippen LogP contribution in [0.15, 0.2) is 10.2 Å². The summed E-state index contributed by atoms with van der Waals surface area (Å²) in [6.45, 7) is 2.60. The quantitative estimate of drug-likeness (QED) is 0.553. The maximum Gasteiger partial charge on any atom is 0.289 e. The van der Waals surface area contributed by atoms with Crippen molar-refractivity contribution in [3.05, 3.63) is 0 Å². The van der Waals surface area contributed by atoms with Crippen LogP contribution in [0.3, 0.4) is 0 Å². The van der Waals surface area contributed by atoms with E-state index in [1.165, 1.54) is 7.11 Å². The van der Waals surface area contributed by atoms with E-state index in [1.807, 2.05) is 6.92 Å². The van der Waals surface area contributed by atoms with Crippen LogP contribution >= 0.6 is 0 Å². The average Bonchev–Trinajstić information content (AvgIpc) is 1.89. The van der Waals surface area contributed by atoms with Crippen molar-refractivity contribution in [2.24, 2.45) is 10.2 Å². The van der Waals surface area contributed by atoms with Crippen LogP contribution in [0.1, 0.15) is 13.3 Å². The fraction of sp³-hybridized carbons (Fsp3) is 0.833. The second-order valence-corrected chi connectivity index (χ2v) is 1.79. The minimum absolute atomic E-state index is 0.0210. The molecule has 0 saturated heterocycles. The Balaban J connectivity index is 3.36. The van der Waals surface area contributed by atoms with Gasteiger partial charge in [-0.05, 0) is 6.42 Å². The molecule has 0 spiro atoms. The second kappa shape index (κ2) is 6.35. The molecule has 58 valence electrons. The van der Waals surface area contributed by atoms with Gasteiger partial charge in [0.15, 0.2) is 0 Å². The Bertz CT molecular complexity index is 123. The molecule has 0 aliphatic carbocycles. The number of azo groups is 1. The first-order chi connectivity index (χ1) is 4.81. The Labute approximate surface area is 60.3 Å². The first kappa shape index (κ1) is 9.23. The van der Waals surface area contributed by atoms with Crippen molar-refractivity contribution in [2.75, 3.05) is 20.3 Å². The smallest absolute Gasteiger partial charge is 0.289 e. The third kappa shape index (κ3) is 5.37. The Morgan fingerprint density at radius 1 is 1.60 bits per heavy atom. The van der Waals surface area contributed by atoms with Crippen LogP contribution in [-0.2, 0) is 9.53 Å². The molecule has 0 aliphatic heterocycles. The van der Waals surface area contributed by atoms with Crippen molar-refractivity contribution < 1.29 is 9.53 Å². The van der Waals surface area contributed by atoms with E-state index in [0.717, 1.165) is 6.42 Å². The Morgan fingerprint density at radius 2 is 2.30 bits per heavy atom. The van der Waals surface area contributed by atoms with Crippen molar-refractivity contribution in [1.29, 1.82) is 0 Å². The van der Waals surface area contributed by atoms with Crippen molar-refractivity contribution in [1.82, 2.24) is 0 Å². The highest BCUT2D eigenvalue weighted by atomic mass is 16.5. The molecule has 0 aromatic carbocycles. The Morgan fingerprint density at radius 3 is 2.80 bits per heavy atom. The van der Waals surface area contributed by atoms with E-state index in [-0.39, 0.29) is 12.5 Å². The molecule has 0 rings (SSSR count). The van der Waals surface area contributed by atoms with Crippen LogP contribution in [0.25, 0.3) is 0 Å². The molecule has 0 bridgehead atoms. The number of methoxy groups -OCH3 is 1. The summed E-state index contributed by atoms with van der Waals surface area (Å²) in [7, 11) is 1.45. The van der Waals surface area contributed by atoms with Gasteiger partial charge in [0.1, 0.15) is 6.61 Å². The van der Waals surface area contributed by atoms with Gasteiger partial charge in [0, 0.05) is 7.11 Å². The molecule has 0 unspecified atom stereocenters. The van der Waals surface area contributed by atoms with Crippen molar-refractivity contribution >= 4 is 5.91 Å². The zero-order valence-electron chi connectivity index (χ0n) is 6.33. The number of carbonyl (C=O) groups excluding carboxylic acids is 1. The van der Waals surface area contributed by atoms with E-state index < -0.39 is 0 Å². The largest absolute Gasteiger partial charge is 0.375 e. The summed E-state index contributed by atoms with van der Waals surface area (Å²) >= 11 is 0. The van der Waals surface area contributed by atoms with Gasteiger partial charge in [-0.2, -0.15) is 5.11 Å². The standard InChI is InChI=1S/C6H12N2O2/c1-3-4-7-8-6(9)5-10-2/h3-5H2,1-2H3. The van der Waals surface area contributed by atoms with Crippen LogP contribution < -0.4 is 0 Å². The van der Waals surface area contributed by atoms with E-state index >= 15 is 0 Å². The molecule has 0 radical (unpaired) electrons. The zero-order chi connectivity index (χ0) is 7.82. The van der Waals surface area contributed by atoms with Gasteiger partial charge in [0.2, 0.25) is 0 Å². The minimum atomic E-state index is -0.323. The lowest BCUT2D eigenvalue weighted by Gasteiger charge is -1.88. The van der Waals surface area contributed by atoms with Crippen LogP contribution in [0.5, 0.6) is 0 Å². The molecule has 0 N–H and O–H groups in total. The topological polar surface area (TPSA) is 51.0 Å². The molecule has 0 fully saturated rings. The van der Waals surface area contributed by atoms with Crippen molar-refractivity contribution in [3.63, 3.8) is 0 Å². The highest BCUT2D eigenvalue weighted by Crippen LogP contribution is 1.82. The molecular formula is C6H12N2O2. The summed E-state index contributed by atoms with van der Waals surface area (Å²) in [4.78, 5) is 10.5. The number of hydrogen-bond donors (Lipinski definition) is 0. The minimum Gasteiger partial charge on any atom is -0.375 e. The lowest BCUT2D eigenvalue weighted by atomic mass is 10.5. The summed E-state index contributed by atoms with van der Waals surface area (Å²) in [5, 5.41) is 6.97. The highest BCUT2D eigenvalue weighted by Gasteiger charge is 1.93. The fourth-order valence-corrected chi connectivity index (χ4v) is 0.381. The Hall–Kier alpha value is -0.770. The van der Waals surface area contributed by atoms with Gasteiger partial charge >= 0.3 is 0 Å². The summed E-state index contributed by atoms with van der Waals surface area (Å²) < 4.78 is 4.53. The molecule has 0 aromatic rings. The van der Waals surface area contributed by atoms with Crippen LogP contribution in [0, 0.1) is 0 Å². The van der Waals surface area contributed by atoms with Gasteiger partial charge in [-0.15, -0.1) is 5.11 Å². The van der Waals surface area contributed by atoms with Gasteiger partial charge in [-0.1, -0.05) is 6.92 Å². The van der Waals surface area contributed by atoms with Crippen LogP contribution in [-0.4, -0.2) is 26.2 Å². The zero-order valence-corrected chi connectivity index (χ0v) is 6.33. The first-order valence-electron chi connectivity index (χ1n) is 3.20. The third-order valence-corrected chi connectivity index (χ3v) is 0.774. The highest BCUT2D eigenvalue weighted by molar-refractivity contribution is 5.77. The summed E-state index contributed by atoms with van der Waals surface area (Å²) in [6.07, 6.45) is 0.907. The number of amides is 1. The van der Waals surface area contributed by atoms with E-state index in [1.54, 1.807) is 0 Å². The molecule has 10 heavy (non-hydrogen) atoms. The summed E-state index contributed by atoms with van der Waals surface area (Å²) in [6, 6.07) is 0. The molecule has 0 aliphatic rings. The maximum atomic E-state index is 10.5. The average molecular weight is 144 g/mol. The van der Waals surface area contributed by atoms with Gasteiger partial charge in [0.05, 0.1) is 6.54 Å². The van der Waals surface area contributed by atoms with Gasteiger partial charge < -0.3 is 4.74 Å². The predicted molar refractivity (Wildman–Crippen MR) is 36.9 cm³/mol. The summed E-state index contributed by atoms with van der Waals surface area (Å²) in [5.74, 6) is -0.323.